The highest BCUT2D eigenvalue weighted by molar-refractivity contribution is 8.00. The Kier molecular flexibility index (Phi) is 4.26. The molecule has 0 bridgehead atoms. The van der Waals surface area contributed by atoms with E-state index in [0.717, 1.165) is 6.54 Å². The molecule has 4 heteroatoms. The molecule has 82 valence electrons. The van der Waals surface area contributed by atoms with Crippen LogP contribution in [-0.2, 0) is 9.53 Å². The van der Waals surface area contributed by atoms with Gasteiger partial charge in [0.1, 0.15) is 6.10 Å². The lowest BCUT2D eigenvalue weighted by molar-refractivity contribution is -0.130. The Morgan fingerprint density at radius 2 is 2.29 bits per heavy atom. The van der Waals surface area contributed by atoms with E-state index in [1.807, 2.05) is 11.8 Å². The minimum atomic E-state index is -0.339. The molecule has 1 rings (SSSR count). The summed E-state index contributed by atoms with van der Waals surface area (Å²) in [7, 11) is 1.55. The number of carbonyl (C=O) groups excluding carboxylic acids is 1. The largest absolute Gasteiger partial charge is 0.372 e. The molecule has 0 aromatic heterocycles. The zero-order valence-electron chi connectivity index (χ0n) is 9.13. The van der Waals surface area contributed by atoms with Gasteiger partial charge in [-0.2, -0.15) is 11.8 Å². The van der Waals surface area contributed by atoms with Crippen LogP contribution in [0.4, 0.5) is 0 Å². The van der Waals surface area contributed by atoms with Gasteiger partial charge in [0.05, 0.1) is 0 Å². The minimum absolute atomic E-state index is 0.00664. The number of thioether (sulfide) groups is 1. The molecule has 0 aromatic rings. The average Bonchev–Trinajstić information content (AvgIpc) is 2.15. The zero-order valence-corrected chi connectivity index (χ0v) is 9.95. The first-order valence-corrected chi connectivity index (χ1v) is 6.22. The van der Waals surface area contributed by atoms with Crippen LogP contribution in [0.5, 0.6) is 0 Å². The summed E-state index contributed by atoms with van der Waals surface area (Å²) in [6.45, 7) is 2.54. The Hall–Kier alpha value is -0.220. The molecule has 1 fully saturated rings. The molecule has 1 amide bonds. The van der Waals surface area contributed by atoms with E-state index in [-0.39, 0.29) is 12.0 Å². The van der Waals surface area contributed by atoms with Crippen molar-refractivity contribution in [1.82, 2.24) is 5.32 Å². The second kappa shape index (κ2) is 5.03. The van der Waals surface area contributed by atoms with E-state index in [1.54, 1.807) is 14.0 Å². The molecule has 1 unspecified atom stereocenters. The topological polar surface area (TPSA) is 38.3 Å². The van der Waals surface area contributed by atoms with Crippen molar-refractivity contribution in [2.75, 3.05) is 19.9 Å². The highest BCUT2D eigenvalue weighted by Crippen LogP contribution is 2.42. The fourth-order valence-electron chi connectivity index (χ4n) is 1.52. The first kappa shape index (κ1) is 11.9. The van der Waals surface area contributed by atoms with Crippen molar-refractivity contribution >= 4 is 17.7 Å². The maximum atomic E-state index is 11.4. The first-order chi connectivity index (χ1) is 6.63. The molecule has 1 atom stereocenters. The summed E-state index contributed by atoms with van der Waals surface area (Å²) in [6, 6.07) is 0. The van der Waals surface area contributed by atoms with E-state index in [9.17, 15) is 4.79 Å². The van der Waals surface area contributed by atoms with Crippen LogP contribution in [-0.4, -0.2) is 36.7 Å². The number of methoxy groups -OCH3 is 1. The van der Waals surface area contributed by atoms with E-state index in [2.05, 4.69) is 11.6 Å². The minimum Gasteiger partial charge on any atom is -0.372 e. The van der Waals surface area contributed by atoms with Gasteiger partial charge >= 0.3 is 0 Å². The van der Waals surface area contributed by atoms with Crippen molar-refractivity contribution in [2.45, 2.75) is 37.0 Å². The van der Waals surface area contributed by atoms with Crippen molar-refractivity contribution in [1.29, 1.82) is 0 Å². The highest BCUT2D eigenvalue weighted by Gasteiger charge is 2.36. The van der Waals surface area contributed by atoms with E-state index < -0.39 is 0 Å². The predicted molar refractivity (Wildman–Crippen MR) is 59.6 cm³/mol. The van der Waals surface area contributed by atoms with Crippen LogP contribution in [0, 0.1) is 0 Å². The van der Waals surface area contributed by atoms with E-state index in [0.29, 0.717) is 4.75 Å². The quantitative estimate of drug-likeness (QED) is 0.757. The monoisotopic (exact) mass is 217 g/mol. The van der Waals surface area contributed by atoms with Crippen LogP contribution in [0.1, 0.15) is 26.2 Å². The fourth-order valence-corrected chi connectivity index (χ4v) is 2.44. The number of rotatable bonds is 5. The van der Waals surface area contributed by atoms with E-state index in [4.69, 9.17) is 4.74 Å². The molecule has 0 saturated heterocycles. The van der Waals surface area contributed by atoms with Crippen molar-refractivity contribution in [3.8, 4) is 0 Å². The summed E-state index contributed by atoms with van der Waals surface area (Å²) in [5.74, 6) is -0.00664. The van der Waals surface area contributed by atoms with Gasteiger partial charge in [0.15, 0.2) is 0 Å². The second-order valence-corrected chi connectivity index (χ2v) is 5.11. The molecule has 1 saturated carbocycles. The SMILES string of the molecule is COC(C)C(=O)NCC1(SC)CCC1. The molecular weight excluding hydrogens is 198 g/mol. The summed E-state index contributed by atoms with van der Waals surface area (Å²) in [6.07, 6.45) is 5.50. The Bertz CT molecular complexity index is 199. The molecule has 0 aromatic carbocycles. The lowest BCUT2D eigenvalue weighted by Gasteiger charge is -2.40. The average molecular weight is 217 g/mol. The van der Waals surface area contributed by atoms with Gasteiger partial charge in [-0.15, -0.1) is 0 Å². The van der Waals surface area contributed by atoms with Crippen LogP contribution in [0.3, 0.4) is 0 Å². The van der Waals surface area contributed by atoms with Crippen LogP contribution >= 0.6 is 11.8 Å². The molecule has 1 aliphatic rings. The number of nitrogens with one attached hydrogen (secondary N) is 1. The van der Waals surface area contributed by atoms with Gasteiger partial charge in [0.2, 0.25) is 5.91 Å². The summed E-state index contributed by atoms with van der Waals surface area (Å²) < 4.78 is 5.25. The number of carbonyl (C=O) groups is 1. The summed E-state index contributed by atoms with van der Waals surface area (Å²) in [5.41, 5.74) is 0. The van der Waals surface area contributed by atoms with Gasteiger partial charge in [0, 0.05) is 18.4 Å². The number of amides is 1. The molecule has 0 heterocycles. The number of hydrogen-bond donors (Lipinski definition) is 1. The van der Waals surface area contributed by atoms with Crippen molar-refractivity contribution in [2.24, 2.45) is 0 Å². The Morgan fingerprint density at radius 1 is 1.64 bits per heavy atom. The molecule has 1 N–H and O–H groups in total. The van der Waals surface area contributed by atoms with Crippen molar-refractivity contribution in [3.63, 3.8) is 0 Å². The number of ether oxygens (including phenoxy) is 1. The van der Waals surface area contributed by atoms with E-state index in [1.165, 1.54) is 19.3 Å². The van der Waals surface area contributed by atoms with Gasteiger partial charge in [-0.3, -0.25) is 4.79 Å². The van der Waals surface area contributed by atoms with Crippen LogP contribution in [0.25, 0.3) is 0 Å². The van der Waals surface area contributed by atoms with Crippen molar-refractivity contribution < 1.29 is 9.53 Å². The summed E-state index contributed by atoms with van der Waals surface area (Å²) in [5, 5.41) is 2.94. The molecule has 14 heavy (non-hydrogen) atoms. The highest BCUT2D eigenvalue weighted by atomic mass is 32.2. The predicted octanol–water partition coefficient (Wildman–Crippen LogP) is 1.42. The fraction of sp³-hybridized carbons (Fsp3) is 0.900. The molecule has 0 aliphatic heterocycles. The van der Waals surface area contributed by atoms with Gasteiger partial charge in [-0.1, -0.05) is 6.42 Å². The van der Waals surface area contributed by atoms with Gasteiger partial charge in [-0.25, -0.2) is 0 Å². The summed E-state index contributed by atoms with van der Waals surface area (Å²) in [4.78, 5) is 11.4. The maximum absolute atomic E-state index is 11.4. The maximum Gasteiger partial charge on any atom is 0.248 e. The van der Waals surface area contributed by atoms with Gasteiger partial charge < -0.3 is 10.1 Å². The third-order valence-electron chi connectivity index (χ3n) is 3.01. The lowest BCUT2D eigenvalue weighted by Crippen LogP contribution is -2.47. The number of hydrogen-bond acceptors (Lipinski definition) is 3. The third kappa shape index (κ3) is 2.64. The van der Waals surface area contributed by atoms with Crippen LogP contribution in [0.2, 0.25) is 0 Å². The second-order valence-electron chi connectivity index (χ2n) is 3.84. The Labute approximate surface area is 90.0 Å². The Morgan fingerprint density at radius 3 is 2.64 bits per heavy atom. The molecule has 0 spiro atoms. The van der Waals surface area contributed by atoms with Crippen molar-refractivity contribution in [3.05, 3.63) is 0 Å². The van der Waals surface area contributed by atoms with Crippen LogP contribution in [0.15, 0.2) is 0 Å². The lowest BCUT2D eigenvalue weighted by atomic mass is 9.84. The third-order valence-corrected chi connectivity index (χ3v) is 4.42. The zero-order chi connectivity index (χ0) is 10.6. The smallest absolute Gasteiger partial charge is 0.248 e. The Balaban J connectivity index is 2.28. The summed E-state index contributed by atoms with van der Waals surface area (Å²) >= 11 is 1.86. The molecular formula is C10H19NO2S. The van der Waals surface area contributed by atoms with Crippen LogP contribution < -0.4 is 5.32 Å². The van der Waals surface area contributed by atoms with Gasteiger partial charge in [-0.05, 0) is 26.0 Å². The van der Waals surface area contributed by atoms with Gasteiger partial charge in [0.25, 0.3) is 0 Å². The first-order valence-electron chi connectivity index (χ1n) is 4.99. The standard InChI is InChI=1S/C10H19NO2S/c1-8(13-2)9(12)11-7-10(14-3)5-4-6-10/h8H,4-7H2,1-3H3,(H,11,12). The normalized spacial score (nSPS) is 21.1. The molecule has 3 nitrogen and oxygen atoms in total. The van der Waals surface area contributed by atoms with E-state index >= 15 is 0 Å². The molecule has 1 aliphatic carbocycles. The molecule has 0 radical (unpaired) electrons.